The number of rotatable bonds is 13. The van der Waals surface area contributed by atoms with Crippen LogP contribution in [0.2, 0.25) is 0 Å². The first-order valence-electron chi connectivity index (χ1n) is 9.73. The van der Waals surface area contributed by atoms with Crippen molar-refractivity contribution >= 4 is 46.6 Å². The van der Waals surface area contributed by atoms with Gasteiger partial charge in [0.05, 0.1) is 0 Å². The predicted octanol–water partition coefficient (Wildman–Crippen LogP) is 5.11. The van der Waals surface area contributed by atoms with Gasteiger partial charge in [-0.05, 0) is 47.9 Å². The van der Waals surface area contributed by atoms with Crippen molar-refractivity contribution in [2.75, 3.05) is 13.1 Å². The lowest BCUT2D eigenvalue weighted by Crippen LogP contribution is -2.22. The van der Waals surface area contributed by atoms with Gasteiger partial charge in [0.1, 0.15) is 0 Å². The molecule has 0 unspecified atom stereocenters. The number of hydrogen-bond donors (Lipinski definition) is 2. The average Bonchev–Trinajstić information content (AvgIpc) is 3.40. The molecule has 150 valence electrons. The molecular formula is C22H28N2O2S2. The summed E-state index contributed by atoms with van der Waals surface area (Å²) in [5.74, 6) is -0.0606. The molecule has 0 saturated carbocycles. The second kappa shape index (κ2) is 13.9. The van der Waals surface area contributed by atoms with Crippen LogP contribution in [0.5, 0.6) is 0 Å². The quantitative estimate of drug-likeness (QED) is 0.352. The highest BCUT2D eigenvalue weighted by atomic mass is 32.1. The summed E-state index contributed by atoms with van der Waals surface area (Å²) in [4.78, 5) is 25.5. The molecule has 0 aliphatic rings. The summed E-state index contributed by atoms with van der Waals surface area (Å²) in [6, 6.07) is 7.92. The lowest BCUT2D eigenvalue weighted by atomic mass is 10.1. The lowest BCUT2D eigenvalue weighted by molar-refractivity contribution is -0.117. The molecular weight excluding hydrogens is 388 g/mol. The molecule has 2 rings (SSSR count). The van der Waals surface area contributed by atoms with Crippen LogP contribution in [0.4, 0.5) is 0 Å². The van der Waals surface area contributed by atoms with Crippen LogP contribution in [0, 0.1) is 0 Å². The Labute approximate surface area is 175 Å². The van der Waals surface area contributed by atoms with Crippen molar-refractivity contribution in [1.82, 2.24) is 10.6 Å². The zero-order valence-electron chi connectivity index (χ0n) is 16.1. The zero-order chi connectivity index (χ0) is 19.9. The average molecular weight is 417 g/mol. The van der Waals surface area contributed by atoms with Crippen LogP contribution in [0.3, 0.4) is 0 Å². The van der Waals surface area contributed by atoms with Crippen molar-refractivity contribution in [3.05, 3.63) is 56.9 Å². The minimum absolute atomic E-state index is 0.0303. The van der Waals surface area contributed by atoms with E-state index in [0.29, 0.717) is 0 Å². The first-order valence-corrected chi connectivity index (χ1v) is 11.5. The van der Waals surface area contributed by atoms with E-state index in [1.165, 1.54) is 0 Å². The number of hydrogen-bond acceptors (Lipinski definition) is 4. The number of nitrogens with one attached hydrogen (secondary N) is 2. The van der Waals surface area contributed by atoms with E-state index < -0.39 is 0 Å². The standard InChI is InChI=1S/C22H28N2O2S2/c25-21(13-11-19-9-7-17-27-19)23-15-5-3-1-2-4-6-16-24-22(26)14-12-20-10-8-18-28-20/h7-14,17-18H,1-6,15-16H2,(H,23,25)(H,24,26). The molecule has 4 nitrogen and oxygen atoms in total. The molecule has 0 aromatic carbocycles. The van der Waals surface area contributed by atoms with Crippen LogP contribution in [0.25, 0.3) is 12.2 Å². The predicted molar refractivity (Wildman–Crippen MR) is 120 cm³/mol. The maximum Gasteiger partial charge on any atom is 0.244 e. The van der Waals surface area contributed by atoms with Crippen molar-refractivity contribution in [3.8, 4) is 0 Å². The maximum absolute atomic E-state index is 11.7. The van der Waals surface area contributed by atoms with Gasteiger partial charge >= 0.3 is 0 Å². The van der Waals surface area contributed by atoms with Crippen molar-refractivity contribution < 1.29 is 9.59 Å². The fourth-order valence-electron chi connectivity index (χ4n) is 2.59. The molecule has 2 aromatic rings. The van der Waals surface area contributed by atoms with Gasteiger partial charge in [0, 0.05) is 35.0 Å². The Kier molecular flexibility index (Phi) is 11.0. The van der Waals surface area contributed by atoms with Crippen molar-refractivity contribution in [2.45, 2.75) is 38.5 Å². The Bertz CT molecular complexity index is 670. The Morgan fingerprint density at radius 1 is 0.714 bits per heavy atom. The highest BCUT2D eigenvalue weighted by Gasteiger charge is 1.97. The molecule has 0 saturated heterocycles. The van der Waals surface area contributed by atoms with Crippen LogP contribution in [0.1, 0.15) is 48.3 Å². The Hall–Kier alpha value is -2.18. The number of carbonyl (C=O) groups excluding carboxylic acids is 2. The molecule has 2 heterocycles. The zero-order valence-corrected chi connectivity index (χ0v) is 17.7. The third-order valence-electron chi connectivity index (χ3n) is 4.09. The second-order valence-electron chi connectivity index (χ2n) is 6.40. The minimum atomic E-state index is -0.0303. The summed E-state index contributed by atoms with van der Waals surface area (Å²) < 4.78 is 0. The number of unbranched alkanes of at least 4 members (excludes halogenated alkanes) is 5. The van der Waals surface area contributed by atoms with Crippen molar-refractivity contribution in [2.24, 2.45) is 0 Å². The minimum Gasteiger partial charge on any atom is -0.353 e. The van der Waals surface area contributed by atoms with E-state index in [2.05, 4.69) is 10.6 Å². The van der Waals surface area contributed by atoms with E-state index in [-0.39, 0.29) is 11.8 Å². The number of amides is 2. The van der Waals surface area contributed by atoms with Gasteiger partial charge in [-0.15, -0.1) is 22.7 Å². The van der Waals surface area contributed by atoms with Crippen LogP contribution in [-0.4, -0.2) is 24.9 Å². The van der Waals surface area contributed by atoms with Gasteiger partial charge in [-0.1, -0.05) is 37.8 Å². The fourth-order valence-corrected chi connectivity index (χ4v) is 3.82. The summed E-state index contributed by atoms with van der Waals surface area (Å²) in [6.07, 6.45) is 13.4. The molecule has 6 heteroatoms. The van der Waals surface area contributed by atoms with Crippen LogP contribution < -0.4 is 10.6 Å². The third-order valence-corrected chi connectivity index (χ3v) is 5.76. The van der Waals surface area contributed by atoms with Gasteiger partial charge in [0.15, 0.2) is 0 Å². The van der Waals surface area contributed by atoms with E-state index in [1.807, 2.05) is 47.2 Å². The summed E-state index contributed by atoms with van der Waals surface area (Å²) in [7, 11) is 0. The summed E-state index contributed by atoms with van der Waals surface area (Å²) in [5, 5.41) is 9.82. The molecule has 0 spiro atoms. The highest BCUT2D eigenvalue weighted by molar-refractivity contribution is 7.11. The summed E-state index contributed by atoms with van der Waals surface area (Å²) in [6.45, 7) is 1.44. The van der Waals surface area contributed by atoms with Gasteiger partial charge in [0.25, 0.3) is 0 Å². The monoisotopic (exact) mass is 416 g/mol. The van der Waals surface area contributed by atoms with E-state index in [1.54, 1.807) is 34.8 Å². The molecule has 0 fully saturated rings. The molecule has 0 atom stereocenters. The highest BCUT2D eigenvalue weighted by Crippen LogP contribution is 2.10. The largest absolute Gasteiger partial charge is 0.353 e. The Morgan fingerprint density at radius 3 is 1.54 bits per heavy atom. The summed E-state index contributed by atoms with van der Waals surface area (Å²) >= 11 is 3.24. The Morgan fingerprint density at radius 2 is 1.14 bits per heavy atom. The normalized spacial score (nSPS) is 11.3. The molecule has 28 heavy (non-hydrogen) atoms. The molecule has 0 aliphatic heterocycles. The van der Waals surface area contributed by atoms with E-state index in [4.69, 9.17) is 0 Å². The number of thiophene rings is 2. The molecule has 0 bridgehead atoms. The van der Waals surface area contributed by atoms with Crippen LogP contribution in [-0.2, 0) is 9.59 Å². The third kappa shape index (κ3) is 10.2. The van der Waals surface area contributed by atoms with E-state index >= 15 is 0 Å². The summed E-state index contributed by atoms with van der Waals surface area (Å²) in [5.41, 5.74) is 0. The first kappa shape index (κ1) is 22.1. The van der Waals surface area contributed by atoms with Gasteiger partial charge in [-0.3, -0.25) is 9.59 Å². The molecule has 2 amide bonds. The van der Waals surface area contributed by atoms with Gasteiger partial charge in [-0.2, -0.15) is 0 Å². The topological polar surface area (TPSA) is 58.2 Å². The van der Waals surface area contributed by atoms with E-state index in [9.17, 15) is 9.59 Å². The lowest BCUT2D eigenvalue weighted by Gasteiger charge is -2.04. The maximum atomic E-state index is 11.7. The van der Waals surface area contributed by atoms with Gasteiger partial charge < -0.3 is 10.6 Å². The Balaban J connectivity index is 1.37. The smallest absolute Gasteiger partial charge is 0.244 e. The van der Waals surface area contributed by atoms with E-state index in [0.717, 1.165) is 61.4 Å². The van der Waals surface area contributed by atoms with Crippen LogP contribution >= 0.6 is 22.7 Å². The van der Waals surface area contributed by atoms with Gasteiger partial charge in [-0.25, -0.2) is 0 Å². The molecule has 2 N–H and O–H groups in total. The fraction of sp³-hybridized carbons (Fsp3) is 0.364. The molecule has 0 radical (unpaired) electrons. The number of carbonyl (C=O) groups is 2. The van der Waals surface area contributed by atoms with Gasteiger partial charge in [0.2, 0.25) is 11.8 Å². The SMILES string of the molecule is O=C(C=Cc1cccs1)NCCCCCCCCNC(=O)C=Cc1cccs1. The second-order valence-corrected chi connectivity index (χ2v) is 8.36. The molecule has 2 aromatic heterocycles. The van der Waals surface area contributed by atoms with Crippen molar-refractivity contribution in [3.63, 3.8) is 0 Å². The van der Waals surface area contributed by atoms with Crippen LogP contribution in [0.15, 0.2) is 47.2 Å². The van der Waals surface area contributed by atoms with Crippen molar-refractivity contribution in [1.29, 1.82) is 0 Å². The first-order chi connectivity index (χ1) is 13.7. The molecule has 0 aliphatic carbocycles.